The van der Waals surface area contributed by atoms with Crippen molar-refractivity contribution >= 4 is 23.3 Å². The van der Waals surface area contributed by atoms with Crippen molar-refractivity contribution in [1.29, 1.82) is 0 Å². The molecule has 6 nitrogen and oxygen atoms in total. The van der Waals surface area contributed by atoms with Crippen LogP contribution >= 0.6 is 11.6 Å². The molecule has 1 fully saturated rings. The summed E-state index contributed by atoms with van der Waals surface area (Å²) in [6, 6.07) is 5.15. The van der Waals surface area contributed by atoms with E-state index in [1.807, 2.05) is 4.90 Å². The van der Waals surface area contributed by atoms with Gasteiger partial charge in [0.05, 0.1) is 12.1 Å². The number of nitrogens with zero attached hydrogens (tertiary/aromatic N) is 3. The van der Waals surface area contributed by atoms with Crippen LogP contribution in [0.2, 0.25) is 5.02 Å². The van der Waals surface area contributed by atoms with Crippen LogP contribution in [0.5, 0.6) is 5.75 Å². The Bertz CT molecular complexity index is 531. The Balaban J connectivity index is 1.82. The maximum atomic E-state index is 12.3. The first kappa shape index (κ1) is 17.8. The average Bonchev–Trinajstić information content (AvgIpc) is 2.53. The van der Waals surface area contributed by atoms with Crippen LogP contribution < -0.4 is 10.1 Å². The number of methoxy groups -OCH3 is 1. The molecule has 1 aliphatic rings. The molecule has 2 amide bonds. The van der Waals surface area contributed by atoms with Crippen LogP contribution in [0.25, 0.3) is 0 Å². The Morgan fingerprint density at radius 1 is 1.30 bits per heavy atom. The molecule has 1 aliphatic heterocycles. The van der Waals surface area contributed by atoms with Gasteiger partial charge in [-0.2, -0.15) is 0 Å². The lowest BCUT2D eigenvalue weighted by molar-refractivity contribution is 0.140. The highest BCUT2D eigenvalue weighted by molar-refractivity contribution is 6.32. The normalized spacial score (nSPS) is 15.8. The number of anilines is 1. The third-order valence-electron chi connectivity index (χ3n) is 3.93. The standard InChI is InChI=1S/C16H25ClN4O2/c1-19(2)6-7-20-8-10-21(11-9-20)16(22)18-13-4-5-15(23-3)14(17)12-13/h4-5,12H,6-11H2,1-3H3,(H,18,22). The summed E-state index contributed by atoms with van der Waals surface area (Å²) < 4.78 is 5.11. The molecule has 1 N–H and O–H groups in total. The van der Waals surface area contributed by atoms with Crippen molar-refractivity contribution in [2.45, 2.75) is 0 Å². The molecule has 0 bridgehead atoms. The van der Waals surface area contributed by atoms with Crippen molar-refractivity contribution in [1.82, 2.24) is 14.7 Å². The van der Waals surface area contributed by atoms with Gasteiger partial charge in [-0.25, -0.2) is 4.79 Å². The molecule has 1 aromatic rings. The molecule has 2 rings (SSSR count). The van der Waals surface area contributed by atoms with Gasteiger partial charge in [0.25, 0.3) is 0 Å². The van der Waals surface area contributed by atoms with Crippen LogP contribution in [0, 0.1) is 0 Å². The number of hydrogen-bond acceptors (Lipinski definition) is 4. The lowest BCUT2D eigenvalue weighted by Crippen LogP contribution is -2.51. The maximum absolute atomic E-state index is 12.3. The Kier molecular flexibility index (Phi) is 6.50. The van der Waals surface area contributed by atoms with E-state index in [2.05, 4.69) is 29.2 Å². The zero-order valence-electron chi connectivity index (χ0n) is 14.0. The fourth-order valence-corrected chi connectivity index (χ4v) is 2.72. The second-order valence-electron chi connectivity index (χ2n) is 5.91. The smallest absolute Gasteiger partial charge is 0.321 e. The number of likely N-dealkylation sites (N-methyl/N-ethyl adjacent to an activating group) is 1. The summed E-state index contributed by atoms with van der Waals surface area (Å²) in [6.07, 6.45) is 0. The molecular weight excluding hydrogens is 316 g/mol. The zero-order valence-corrected chi connectivity index (χ0v) is 14.8. The summed E-state index contributed by atoms with van der Waals surface area (Å²) in [7, 11) is 5.71. The number of urea groups is 1. The van der Waals surface area contributed by atoms with Gasteiger partial charge in [0.2, 0.25) is 0 Å². The first-order chi connectivity index (χ1) is 11.0. The molecule has 23 heavy (non-hydrogen) atoms. The summed E-state index contributed by atoms with van der Waals surface area (Å²) in [5.41, 5.74) is 0.677. The molecule has 0 radical (unpaired) electrons. The molecule has 0 unspecified atom stereocenters. The minimum Gasteiger partial charge on any atom is -0.495 e. The summed E-state index contributed by atoms with van der Waals surface area (Å²) in [6.45, 7) is 5.37. The van der Waals surface area contributed by atoms with Gasteiger partial charge in [0, 0.05) is 45.0 Å². The monoisotopic (exact) mass is 340 g/mol. The number of halogens is 1. The largest absolute Gasteiger partial charge is 0.495 e. The van der Waals surface area contributed by atoms with Crippen LogP contribution in [-0.2, 0) is 0 Å². The second kappa shape index (κ2) is 8.38. The molecule has 0 aliphatic carbocycles. The van der Waals surface area contributed by atoms with Crippen molar-refractivity contribution in [2.75, 3.05) is 65.8 Å². The summed E-state index contributed by atoms with van der Waals surface area (Å²) in [5, 5.41) is 3.37. The van der Waals surface area contributed by atoms with Crippen LogP contribution in [0.3, 0.4) is 0 Å². The molecule has 0 spiro atoms. The van der Waals surface area contributed by atoms with Gasteiger partial charge in [0.15, 0.2) is 0 Å². The predicted molar refractivity (Wildman–Crippen MR) is 93.6 cm³/mol. The van der Waals surface area contributed by atoms with Gasteiger partial charge in [-0.1, -0.05) is 11.6 Å². The van der Waals surface area contributed by atoms with Gasteiger partial charge >= 0.3 is 6.03 Å². The first-order valence-corrected chi connectivity index (χ1v) is 8.14. The van der Waals surface area contributed by atoms with E-state index in [1.54, 1.807) is 25.3 Å². The number of carbonyl (C=O) groups excluding carboxylic acids is 1. The summed E-state index contributed by atoms with van der Waals surface area (Å²) in [4.78, 5) is 18.7. The quantitative estimate of drug-likeness (QED) is 0.891. The molecule has 128 valence electrons. The molecule has 1 saturated heterocycles. The first-order valence-electron chi connectivity index (χ1n) is 7.76. The van der Waals surface area contributed by atoms with Crippen LogP contribution in [-0.4, -0.2) is 81.2 Å². The molecule has 0 aromatic heterocycles. The van der Waals surface area contributed by atoms with Crippen molar-refractivity contribution in [3.8, 4) is 5.75 Å². The highest BCUT2D eigenvalue weighted by atomic mass is 35.5. The van der Waals surface area contributed by atoms with E-state index in [1.165, 1.54) is 0 Å². The number of piperazine rings is 1. The van der Waals surface area contributed by atoms with E-state index >= 15 is 0 Å². The molecule has 0 saturated carbocycles. The van der Waals surface area contributed by atoms with Crippen molar-refractivity contribution < 1.29 is 9.53 Å². The number of hydrogen-bond donors (Lipinski definition) is 1. The number of benzene rings is 1. The van der Waals surface area contributed by atoms with Crippen molar-refractivity contribution in [3.63, 3.8) is 0 Å². The van der Waals surface area contributed by atoms with Crippen LogP contribution in [0.1, 0.15) is 0 Å². The molecular formula is C16H25ClN4O2. The van der Waals surface area contributed by atoms with Gasteiger partial charge in [0.1, 0.15) is 5.75 Å². The SMILES string of the molecule is COc1ccc(NC(=O)N2CCN(CCN(C)C)CC2)cc1Cl. The number of rotatable bonds is 5. The average molecular weight is 341 g/mol. The zero-order chi connectivity index (χ0) is 16.8. The van der Waals surface area contributed by atoms with E-state index in [0.29, 0.717) is 16.5 Å². The third kappa shape index (κ3) is 5.27. The van der Waals surface area contributed by atoms with E-state index in [9.17, 15) is 4.79 Å². The molecule has 0 atom stereocenters. The van der Waals surface area contributed by atoms with E-state index in [-0.39, 0.29) is 6.03 Å². The maximum Gasteiger partial charge on any atom is 0.321 e. The molecule has 1 aromatic carbocycles. The van der Waals surface area contributed by atoms with Crippen LogP contribution in [0.4, 0.5) is 10.5 Å². The lowest BCUT2D eigenvalue weighted by Gasteiger charge is -2.35. The van der Waals surface area contributed by atoms with Crippen molar-refractivity contribution in [2.24, 2.45) is 0 Å². The van der Waals surface area contributed by atoms with E-state index in [0.717, 1.165) is 39.3 Å². The van der Waals surface area contributed by atoms with E-state index in [4.69, 9.17) is 16.3 Å². The van der Waals surface area contributed by atoms with Gasteiger partial charge in [-0.3, -0.25) is 4.90 Å². The number of amides is 2. The predicted octanol–water partition coefficient (Wildman–Crippen LogP) is 2.06. The fraction of sp³-hybridized carbons (Fsp3) is 0.562. The summed E-state index contributed by atoms with van der Waals surface area (Å²) in [5.74, 6) is 0.596. The number of ether oxygens (including phenoxy) is 1. The Hall–Kier alpha value is -1.50. The second-order valence-corrected chi connectivity index (χ2v) is 6.32. The van der Waals surface area contributed by atoms with Crippen molar-refractivity contribution in [3.05, 3.63) is 23.2 Å². The highest BCUT2D eigenvalue weighted by Crippen LogP contribution is 2.27. The fourth-order valence-electron chi connectivity index (χ4n) is 2.46. The minimum absolute atomic E-state index is 0.0847. The Morgan fingerprint density at radius 3 is 2.57 bits per heavy atom. The molecule has 7 heteroatoms. The number of carbonyl (C=O) groups is 1. The summed E-state index contributed by atoms with van der Waals surface area (Å²) >= 11 is 6.08. The lowest BCUT2D eigenvalue weighted by atomic mass is 10.3. The van der Waals surface area contributed by atoms with Gasteiger partial charge in [-0.15, -0.1) is 0 Å². The van der Waals surface area contributed by atoms with Gasteiger partial charge in [-0.05, 0) is 32.3 Å². The number of nitrogens with one attached hydrogen (secondary N) is 1. The van der Waals surface area contributed by atoms with Gasteiger partial charge < -0.3 is 19.9 Å². The highest BCUT2D eigenvalue weighted by Gasteiger charge is 2.21. The Labute approximate surface area is 142 Å². The topological polar surface area (TPSA) is 48.1 Å². The molecule has 1 heterocycles. The Morgan fingerprint density at radius 2 is 2.00 bits per heavy atom. The van der Waals surface area contributed by atoms with Crippen LogP contribution in [0.15, 0.2) is 18.2 Å². The van der Waals surface area contributed by atoms with E-state index < -0.39 is 0 Å². The minimum atomic E-state index is -0.0847. The third-order valence-corrected chi connectivity index (χ3v) is 4.22.